The molecule has 5 nitrogen and oxygen atoms in total. The molecule has 2 atom stereocenters. The zero-order valence-corrected chi connectivity index (χ0v) is 13.2. The van der Waals surface area contributed by atoms with Gasteiger partial charge in [-0.05, 0) is 26.3 Å². The fourth-order valence-electron chi connectivity index (χ4n) is 2.14. The molecule has 114 valence electrons. The van der Waals surface area contributed by atoms with Crippen LogP contribution in [0.15, 0.2) is 30.3 Å². The molecule has 0 radical (unpaired) electrons. The average molecular weight is 308 g/mol. The van der Waals surface area contributed by atoms with Crippen molar-refractivity contribution in [2.45, 2.75) is 37.8 Å². The van der Waals surface area contributed by atoms with Gasteiger partial charge in [-0.1, -0.05) is 30.3 Å². The van der Waals surface area contributed by atoms with Gasteiger partial charge in [0, 0.05) is 5.75 Å². The zero-order chi connectivity index (χ0) is 15.6. The van der Waals surface area contributed by atoms with Gasteiger partial charge in [-0.15, -0.1) is 11.8 Å². The molecule has 2 rings (SSSR count). The highest BCUT2D eigenvalue weighted by Gasteiger charge is 2.43. The van der Waals surface area contributed by atoms with Gasteiger partial charge < -0.3 is 10.5 Å². The number of ether oxygens (including phenoxy) is 1. The number of carbonyl (C=O) groups excluding carboxylic acids is 2. The van der Waals surface area contributed by atoms with Crippen LogP contribution in [-0.2, 0) is 9.53 Å². The second-order valence-corrected chi connectivity index (χ2v) is 7.02. The molecule has 1 saturated heterocycles. The highest BCUT2D eigenvalue weighted by atomic mass is 32.2. The van der Waals surface area contributed by atoms with Gasteiger partial charge in [0.1, 0.15) is 17.0 Å². The largest absolute Gasteiger partial charge is 0.444 e. The molecule has 1 aromatic carbocycles. The van der Waals surface area contributed by atoms with Crippen LogP contribution < -0.4 is 5.73 Å². The van der Waals surface area contributed by atoms with Crippen LogP contribution in [0, 0.1) is 0 Å². The predicted octanol–water partition coefficient (Wildman–Crippen LogP) is 2.52. The highest BCUT2D eigenvalue weighted by molar-refractivity contribution is 7.99. The first-order valence-electron chi connectivity index (χ1n) is 6.77. The van der Waals surface area contributed by atoms with Crippen molar-refractivity contribution >= 4 is 23.8 Å². The average Bonchev–Trinajstić information content (AvgIpc) is 2.82. The number of hydrogen-bond donors (Lipinski definition) is 1. The van der Waals surface area contributed by atoms with Crippen molar-refractivity contribution in [3.8, 4) is 0 Å². The summed E-state index contributed by atoms with van der Waals surface area (Å²) in [4.78, 5) is 25.5. The molecule has 0 spiro atoms. The lowest BCUT2D eigenvalue weighted by Crippen LogP contribution is -2.47. The van der Waals surface area contributed by atoms with E-state index in [4.69, 9.17) is 10.5 Å². The van der Waals surface area contributed by atoms with Crippen molar-refractivity contribution in [2.75, 3.05) is 5.75 Å². The Bertz CT molecular complexity index is 527. The van der Waals surface area contributed by atoms with Crippen LogP contribution in [0.3, 0.4) is 0 Å². The van der Waals surface area contributed by atoms with Crippen molar-refractivity contribution in [3.05, 3.63) is 35.9 Å². The summed E-state index contributed by atoms with van der Waals surface area (Å²) in [6, 6.07) is 8.93. The SMILES string of the molecule is CC(C)(C)OC(=O)N1C(C(N)=O)CSC1c1ccccc1. The molecule has 1 aliphatic rings. The summed E-state index contributed by atoms with van der Waals surface area (Å²) in [5.41, 5.74) is 5.77. The second kappa shape index (κ2) is 5.97. The maximum atomic E-state index is 12.4. The fraction of sp³-hybridized carbons (Fsp3) is 0.467. The first kappa shape index (κ1) is 15.7. The molecule has 0 bridgehead atoms. The molecular weight excluding hydrogens is 288 g/mol. The van der Waals surface area contributed by atoms with Gasteiger partial charge in [0.2, 0.25) is 5.91 Å². The summed E-state index contributed by atoms with van der Waals surface area (Å²) in [5.74, 6) is -0.0273. The Kier molecular flexibility index (Phi) is 4.46. The van der Waals surface area contributed by atoms with Gasteiger partial charge in [0.05, 0.1) is 0 Å². The van der Waals surface area contributed by atoms with Crippen molar-refractivity contribution in [1.29, 1.82) is 0 Å². The minimum absolute atomic E-state index is 0.251. The molecule has 2 amide bonds. The number of benzene rings is 1. The van der Waals surface area contributed by atoms with E-state index < -0.39 is 23.6 Å². The van der Waals surface area contributed by atoms with Gasteiger partial charge in [-0.2, -0.15) is 0 Å². The number of amides is 2. The van der Waals surface area contributed by atoms with E-state index in [1.807, 2.05) is 30.3 Å². The molecule has 1 fully saturated rings. The minimum Gasteiger partial charge on any atom is -0.444 e. The van der Waals surface area contributed by atoms with E-state index in [0.717, 1.165) is 5.56 Å². The van der Waals surface area contributed by atoms with Gasteiger partial charge in [-0.25, -0.2) is 4.79 Å². The first-order valence-corrected chi connectivity index (χ1v) is 7.81. The standard InChI is InChI=1S/C15H20N2O3S/c1-15(2,3)20-14(19)17-11(12(16)18)9-21-13(17)10-7-5-4-6-8-10/h4-8,11,13H,9H2,1-3H3,(H2,16,18). The molecule has 0 saturated carbocycles. The summed E-state index contributed by atoms with van der Waals surface area (Å²) in [5, 5.41) is -0.251. The number of thioether (sulfide) groups is 1. The van der Waals surface area contributed by atoms with E-state index in [-0.39, 0.29) is 5.37 Å². The van der Waals surface area contributed by atoms with Gasteiger partial charge in [0.15, 0.2) is 0 Å². The Balaban J connectivity index is 2.29. The van der Waals surface area contributed by atoms with Crippen LogP contribution in [0.25, 0.3) is 0 Å². The van der Waals surface area contributed by atoms with E-state index in [9.17, 15) is 9.59 Å². The highest BCUT2D eigenvalue weighted by Crippen LogP contribution is 2.41. The molecule has 2 N–H and O–H groups in total. The maximum absolute atomic E-state index is 12.4. The number of nitrogens with zero attached hydrogens (tertiary/aromatic N) is 1. The molecule has 1 aromatic rings. The van der Waals surface area contributed by atoms with Crippen molar-refractivity contribution in [2.24, 2.45) is 5.73 Å². The van der Waals surface area contributed by atoms with Gasteiger partial charge in [-0.3, -0.25) is 9.69 Å². The Morgan fingerprint density at radius 1 is 1.29 bits per heavy atom. The molecule has 1 aliphatic heterocycles. The quantitative estimate of drug-likeness (QED) is 0.911. The summed E-state index contributed by atoms with van der Waals surface area (Å²) in [6.45, 7) is 5.39. The summed E-state index contributed by atoms with van der Waals surface area (Å²) in [7, 11) is 0. The molecule has 0 aliphatic carbocycles. The van der Waals surface area contributed by atoms with Crippen molar-refractivity contribution in [1.82, 2.24) is 4.90 Å². The minimum atomic E-state index is -0.643. The van der Waals surface area contributed by atoms with E-state index in [2.05, 4.69) is 0 Å². The lowest BCUT2D eigenvalue weighted by atomic mass is 10.1. The molecule has 1 heterocycles. The second-order valence-electron chi connectivity index (χ2n) is 5.90. The Morgan fingerprint density at radius 3 is 2.43 bits per heavy atom. The van der Waals surface area contributed by atoms with E-state index in [1.54, 1.807) is 20.8 Å². The third kappa shape index (κ3) is 3.69. The Hall–Kier alpha value is -1.69. The van der Waals surface area contributed by atoms with E-state index in [1.165, 1.54) is 16.7 Å². The Labute approximate surface area is 128 Å². The summed E-state index contributed by atoms with van der Waals surface area (Å²) < 4.78 is 5.42. The first-order chi connectivity index (χ1) is 9.79. The lowest BCUT2D eigenvalue weighted by molar-refractivity contribution is -0.122. The number of hydrogen-bond acceptors (Lipinski definition) is 4. The third-order valence-corrected chi connectivity index (χ3v) is 4.34. The normalized spacial score (nSPS) is 22.1. The zero-order valence-electron chi connectivity index (χ0n) is 12.4. The molecule has 6 heteroatoms. The van der Waals surface area contributed by atoms with Gasteiger partial charge in [0.25, 0.3) is 0 Å². The van der Waals surface area contributed by atoms with Crippen LogP contribution in [-0.4, -0.2) is 34.3 Å². The van der Waals surface area contributed by atoms with Crippen LogP contribution >= 0.6 is 11.8 Å². The van der Waals surface area contributed by atoms with Gasteiger partial charge >= 0.3 is 6.09 Å². The smallest absolute Gasteiger partial charge is 0.412 e. The third-order valence-electron chi connectivity index (χ3n) is 3.02. The number of carbonyl (C=O) groups is 2. The maximum Gasteiger partial charge on any atom is 0.412 e. The number of primary amides is 1. The van der Waals surface area contributed by atoms with E-state index in [0.29, 0.717) is 5.75 Å². The summed E-state index contributed by atoms with van der Waals surface area (Å²) >= 11 is 1.52. The molecule has 2 unspecified atom stereocenters. The van der Waals surface area contributed by atoms with E-state index >= 15 is 0 Å². The number of rotatable bonds is 2. The molecule has 0 aromatic heterocycles. The molecule has 21 heavy (non-hydrogen) atoms. The van der Waals surface area contributed by atoms with Crippen LogP contribution in [0.2, 0.25) is 0 Å². The monoisotopic (exact) mass is 308 g/mol. The Morgan fingerprint density at radius 2 is 1.90 bits per heavy atom. The fourth-order valence-corrected chi connectivity index (χ4v) is 3.57. The van der Waals surface area contributed by atoms with Crippen molar-refractivity contribution in [3.63, 3.8) is 0 Å². The number of nitrogens with two attached hydrogens (primary N) is 1. The van der Waals surface area contributed by atoms with Crippen molar-refractivity contribution < 1.29 is 14.3 Å². The predicted molar refractivity (Wildman–Crippen MR) is 82.7 cm³/mol. The lowest BCUT2D eigenvalue weighted by Gasteiger charge is -2.30. The van der Waals surface area contributed by atoms with Crippen LogP contribution in [0.5, 0.6) is 0 Å². The van der Waals surface area contributed by atoms with Crippen LogP contribution in [0.4, 0.5) is 4.79 Å². The van der Waals surface area contributed by atoms with Crippen LogP contribution in [0.1, 0.15) is 31.7 Å². The molecular formula is C15H20N2O3S. The summed E-state index contributed by atoms with van der Waals surface area (Å²) in [6.07, 6.45) is -0.509. The topological polar surface area (TPSA) is 72.6 Å².